The van der Waals surface area contributed by atoms with E-state index >= 15 is 0 Å². The van der Waals surface area contributed by atoms with Crippen LogP contribution >= 0.6 is 15.9 Å². The lowest BCUT2D eigenvalue weighted by molar-refractivity contribution is 0.902. The number of rotatable bonds is 4. The van der Waals surface area contributed by atoms with Crippen LogP contribution in [0.3, 0.4) is 0 Å². The first-order chi connectivity index (χ1) is 12.6. The Labute approximate surface area is 160 Å². The lowest BCUT2D eigenvalue weighted by Crippen LogP contribution is -2.14. The summed E-state index contributed by atoms with van der Waals surface area (Å²) in [5.41, 5.74) is 5.35. The molecule has 130 valence electrons. The highest BCUT2D eigenvalue weighted by atomic mass is 79.9. The summed E-state index contributed by atoms with van der Waals surface area (Å²) in [4.78, 5) is 12.5. The van der Waals surface area contributed by atoms with E-state index in [9.17, 15) is 0 Å². The van der Waals surface area contributed by atoms with Crippen LogP contribution in [0.4, 0.5) is 5.95 Å². The summed E-state index contributed by atoms with van der Waals surface area (Å²) in [6.45, 7) is 3.97. The average molecular weight is 407 g/mol. The number of anilines is 1. The summed E-state index contributed by atoms with van der Waals surface area (Å²) in [5.74, 6) is 0.640. The second-order valence-electron chi connectivity index (χ2n) is 6.39. The van der Waals surface area contributed by atoms with Gasteiger partial charge in [0, 0.05) is 38.5 Å². The minimum Gasteiger partial charge on any atom is -0.361 e. The van der Waals surface area contributed by atoms with E-state index in [1.165, 1.54) is 10.9 Å². The minimum absolute atomic E-state index is 0.0551. The van der Waals surface area contributed by atoms with Gasteiger partial charge in [-0.2, -0.15) is 0 Å². The van der Waals surface area contributed by atoms with E-state index in [0.717, 1.165) is 26.9 Å². The van der Waals surface area contributed by atoms with E-state index in [0.29, 0.717) is 5.95 Å². The highest BCUT2D eigenvalue weighted by Gasteiger charge is 2.19. The number of H-pyrrole nitrogens is 1. The number of benzene rings is 2. The summed E-state index contributed by atoms with van der Waals surface area (Å²) >= 11 is 3.52. The number of nitrogens with zero attached hydrogens (tertiary/aromatic N) is 2. The Morgan fingerprint density at radius 3 is 2.38 bits per heavy atom. The molecule has 4 aromatic rings. The Kier molecular flexibility index (Phi) is 4.47. The average Bonchev–Trinajstić information content (AvgIpc) is 3.04. The molecule has 0 aliphatic heterocycles. The van der Waals surface area contributed by atoms with Crippen LogP contribution in [0.5, 0.6) is 0 Å². The molecule has 0 saturated heterocycles. The van der Waals surface area contributed by atoms with Gasteiger partial charge in [0.15, 0.2) is 0 Å². The third kappa shape index (κ3) is 3.35. The summed E-state index contributed by atoms with van der Waals surface area (Å²) in [7, 11) is 0. The highest BCUT2D eigenvalue weighted by Crippen LogP contribution is 2.32. The Hall–Kier alpha value is -2.66. The molecule has 0 fully saturated rings. The smallest absolute Gasteiger partial charge is 0.223 e. The second-order valence-corrected chi connectivity index (χ2v) is 7.31. The quantitative estimate of drug-likeness (QED) is 0.467. The van der Waals surface area contributed by atoms with Crippen LogP contribution in [-0.4, -0.2) is 15.0 Å². The summed E-state index contributed by atoms with van der Waals surface area (Å²) < 4.78 is 1.06. The number of fused-ring (bicyclic) bond motifs is 1. The fraction of sp³-hybridized carbons (Fsp3) is 0.143. The van der Waals surface area contributed by atoms with E-state index in [4.69, 9.17) is 0 Å². The molecule has 1 unspecified atom stereocenters. The van der Waals surface area contributed by atoms with Gasteiger partial charge in [-0.05, 0) is 43.7 Å². The molecule has 4 rings (SSSR count). The predicted octanol–water partition coefficient (Wildman–Crippen LogP) is 5.54. The number of halogens is 1. The first-order valence-corrected chi connectivity index (χ1v) is 9.30. The molecule has 2 aromatic carbocycles. The summed E-state index contributed by atoms with van der Waals surface area (Å²) in [5, 5.41) is 4.73. The van der Waals surface area contributed by atoms with Gasteiger partial charge in [-0.3, -0.25) is 0 Å². The first kappa shape index (κ1) is 16.8. The van der Waals surface area contributed by atoms with Crippen molar-refractivity contribution in [3.63, 3.8) is 0 Å². The molecule has 1 atom stereocenters. The molecule has 0 bridgehead atoms. The number of aryl methyl sites for hydroxylation is 2. The van der Waals surface area contributed by atoms with E-state index in [-0.39, 0.29) is 6.04 Å². The fourth-order valence-corrected chi connectivity index (χ4v) is 3.51. The number of para-hydroxylation sites is 1. The third-order valence-electron chi connectivity index (χ3n) is 4.39. The second kappa shape index (κ2) is 6.92. The maximum absolute atomic E-state index is 4.57. The van der Waals surface area contributed by atoms with Crippen molar-refractivity contribution < 1.29 is 0 Å². The molecule has 0 aliphatic carbocycles. The van der Waals surface area contributed by atoms with Crippen LogP contribution < -0.4 is 5.32 Å². The van der Waals surface area contributed by atoms with Crippen molar-refractivity contribution in [2.75, 3.05) is 5.32 Å². The maximum atomic E-state index is 4.57. The molecule has 0 saturated carbocycles. The van der Waals surface area contributed by atoms with Gasteiger partial charge in [0.05, 0.1) is 6.04 Å². The van der Waals surface area contributed by atoms with Gasteiger partial charge in [0.25, 0.3) is 0 Å². The van der Waals surface area contributed by atoms with E-state index < -0.39 is 0 Å². The van der Waals surface area contributed by atoms with Gasteiger partial charge in [-0.25, -0.2) is 9.97 Å². The monoisotopic (exact) mass is 406 g/mol. The van der Waals surface area contributed by atoms with E-state index in [1.54, 1.807) is 0 Å². The van der Waals surface area contributed by atoms with Crippen LogP contribution in [0.1, 0.15) is 28.6 Å². The van der Waals surface area contributed by atoms with Gasteiger partial charge >= 0.3 is 0 Å². The van der Waals surface area contributed by atoms with Crippen LogP contribution in [0, 0.1) is 13.8 Å². The number of aromatic nitrogens is 3. The molecule has 0 radical (unpaired) electrons. The van der Waals surface area contributed by atoms with Crippen molar-refractivity contribution in [1.82, 2.24) is 15.0 Å². The predicted molar refractivity (Wildman–Crippen MR) is 109 cm³/mol. The van der Waals surface area contributed by atoms with Gasteiger partial charge in [-0.1, -0.05) is 46.3 Å². The third-order valence-corrected chi connectivity index (χ3v) is 4.92. The summed E-state index contributed by atoms with van der Waals surface area (Å²) in [6, 6.07) is 18.6. The number of aromatic amines is 1. The molecule has 0 spiro atoms. The maximum Gasteiger partial charge on any atom is 0.223 e. The zero-order valence-electron chi connectivity index (χ0n) is 14.6. The SMILES string of the molecule is Cc1cc(C)nc(NC(c2ccc(Br)cc2)c2c[nH]c3ccccc23)n1. The lowest BCUT2D eigenvalue weighted by atomic mass is 9.98. The largest absolute Gasteiger partial charge is 0.361 e. The topological polar surface area (TPSA) is 53.6 Å². The number of hydrogen-bond donors (Lipinski definition) is 2. The molecule has 2 heterocycles. The van der Waals surface area contributed by atoms with Gasteiger partial charge in [0.1, 0.15) is 0 Å². The van der Waals surface area contributed by atoms with E-state index in [2.05, 4.69) is 84.9 Å². The molecular formula is C21H19BrN4. The molecule has 2 aromatic heterocycles. The van der Waals surface area contributed by atoms with Crippen molar-refractivity contribution >= 4 is 32.8 Å². The Morgan fingerprint density at radius 1 is 0.962 bits per heavy atom. The molecule has 4 nitrogen and oxygen atoms in total. The molecule has 5 heteroatoms. The first-order valence-electron chi connectivity index (χ1n) is 8.50. The minimum atomic E-state index is -0.0551. The zero-order valence-corrected chi connectivity index (χ0v) is 16.2. The number of nitrogens with one attached hydrogen (secondary N) is 2. The highest BCUT2D eigenvalue weighted by molar-refractivity contribution is 9.10. The molecule has 2 N–H and O–H groups in total. The van der Waals surface area contributed by atoms with Crippen molar-refractivity contribution in [3.8, 4) is 0 Å². The molecule has 0 aliphatic rings. The Balaban J connectivity index is 1.82. The molecule has 26 heavy (non-hydrogen) atoms. The molecule has 0 amide bonds. The standard InChI is InChI=1S/C21H19BrN4/c1-13-11-14(2)25-21(24-13)26-20(15-7-9-16(22)10-8-15)18-12-23-19-6-4-3-5-17(18)19/h3-12,20,23H,1-2H3,(H,24,25,26). The van der Waals surface area contributed by atoms with Gasteiger partial charge in [-0.15, -0.1) is 0 Å². The van der Waals surface area contributed by atoms with E-state index in [1.807, 2.05) is 26.0 Å². The van der Waals surface area contributed by atoms with Crippen molar-refractivity contribution in [1.29, 1.82) is 0 Å². The lowest BCUT2D eigenvalue weighted by Gasteiger charge is -2.20. The zero-order chi connectivity index (χ0) is 18.1. The number of hydrogen-bond acceptors (Lipinski definition) is 3. The van der Waals surface area contributed by atoms with Crippen molar-refractivity contribution in [2.24, 2.45) is 0 Å². The normalized spacial score (nSPS) is 12.3. The van der Waals surface area contributed by atoms with Crippen LogP contribution in [0.15, 0.2) is 65.3 Å². The van der Waals surface area contributed by atoms with Crippen LogP contribution in [0.25, 0.3) is 10.9 Å². The summed E-state index contributed by atoms with van der Waals surface area (Å²) in [6.07, 6.45) is 2.06. The van der Waals surface area contributed by atoms with Gasteiger partial charge < -0.3 is 10.3 Å². The van der Waals surface area contributed by atoms with Crippen molar-refractivity contribution in [2.45, 2.75) is 19.9 Å². The van der Waals surface area contributed by atoms with Crippen LogP contribution in [-0.2, 0) is 0 Å². The Morgan fingerprint density at radius 2 is 1.65 bits per heavy atom. The van der Waals surface area contributed by atoms with Crippen molar-refractivity contribution in [3.05, 3.63) is 87.8 Å². The Bertz CT molecular complexity index is 1030. The molecular weight excluding hydrogens is 388 g/mol. The van der Waals surface area contributed by atoms with Gasteiger partial charge in [0.2, 0.25) is 5.95 Å². The van der Waals surface area contributed by atoms with Crippen LogP contribution in [0.2, 0.25) is 0 Å². The fourth-order valence-electron chi connectivity index (χ4n) is 3.25.